The smallest absolute Gasteiger partial charge is 0.386 e. The standard InChI is InChI=1S/C12H9F5N2O/c13-8-2-1-7(5-9(8)14)10(20)6-19-4-3-11(18-19)12(15,16)17/h1-5,10,20H,6H2. The van der Waals surface area contributed by atoms with Crippen molar-refractivity contribution in [3.63, 3.8) is 0 Å². The zero-order chi connectivity index (χ0) is 14.9. The molecule has 1 aromatic heterocycles. The summed E-state index contributed by atoms with van der Waals surface area (Å²) in [6.07, 6.45) is -4.82. The third-order valence-electron chi connectivity index (χ3n) is 2.62. The Labute approximate surface area is 110 Å². The van der Waals surface area contributed by atoms with E-state index in [0.717, 1.165) is 35.1 Å². The number of alkyl halides is 3. The maximum Gasteiger partial charge on any atom is 0.435 e. The van der Waals surface area contributed by atoms with E-state index >= 15 is 0 Å². The number of aromatic nitrogens is 2. The Morgan fingerprint density at radius 3 is 2.40 bits per heavy atom. The van der Waals surface area contributed by atoms with Gasteiger partial charge in [0.2, 0.25) is 0 Å². The third-order valence-corrected chi connectivity index (χ3v) is 2.62. The van der Waals surface area contributed by atoms with Crippen molar-refractivity contribution in [2.45, 2.75) is 18.8 Å². The predicted molar refractivity (Wildman–Crippen MR) is 58.5 cm³/mol. The minimum atomic E-state index is -4.57. The summed E-state index contributed by atoms with van der Waals surface area (Å²) >= 11 is 0. The Morgan fingerprint density at radius 1 is 1.15 bits per heavy atom. The largest absolute Gasteiger partial charge is 0.435 e. The Kier molecular flexibility index (Phi) is 3.76. The molecule has 1 aromatic carbocycles. The first-order valence-corrected chi connectivity index (χ1v) is 5.51. The van der Waals surface area contributed by atoms with Gasteiger partial charge in [-0.3, -0.25) is 4.68 Å². The van der Waals surface area contributed by atoms with E-state index in [1.54, 1.807) is 0 Å². The van der Waals surface area contributed by atoms with E-state index in [1.807, 2.05) is 0 Å². The lowest BCUT2D eigenvalue weighted by atomic mass is 10.1. The van der Waals surface area contributed by atoms with Crippen LogP contribution in [0.25, 0.3) is 0 Å². The summed E-state index contributed by atoms with van der Waals surface area (Å²) in [5.74, 6) is -2.21. The van der Waals surface area contributed by atoms with Crippen LogP contribution in [0.4, 0.5) is 22.0 Å². The molecule has 0 aliphatic heterocycles. The van der Waals surface area contributed by atoms with Crippen molar-refractivity contribution < 1.29 is 27.1 Å². The van der Waals surface area contributed by atoms with E-state index in [-0.39, 0.29) is 12.1 Å². The molecule has 0 aliphatic rings. The van der Waals surface area contributed by atoms with E-state index in [1.165, 1.54) is 0 Å². The average molecular weight is 292 g/mol. The van der Waals surface area contributed by atoms with Crippen molar-refractivity contribution in [1.29, 1.82) is 0 Å². The van der Waals surface area contributed by atoms with Crippen LogP contribution >= 0.6 is 0 Å². The van der Waals surface area contributed by atoms with Gasteiger partial charge in [-0.2, -0.15) is 18.3 Å². The van der Waals surface area contributed by atoms with Crippen molar-refractivity contribution in [1.82, 2.24) is 9.78 Å². The third kappa shape index (κ3) is 3.13. The maximum absolute atomic E-state index is 13.0. The summed E-state index contributed by atoms with van der Waals surface area (Å²) in [5.41, 5.74) is -1.04. The normalized spacial score (nSPS) is 13.5. The number of hydrogen-bond donors (Lipinski definition) is 1. The van der Waals surface area contributed by atoms with Crippen LogP contribution in [0.15, 0.2) is 30.5 Å². The number of rotatable bonds is 3. The van der Waals surface area contributed by atoms with Crippen LogP contribution in [0, 0.1) is 11.6 Å². The highest BCUT2D eigenvalue weighted by molar-refractivity contribution is 5.20. The van der Waals surface area contributed by atoms with Crippen molar-refractivity contribution >= 4 is 0 Å². The van der Waals surface area contributed by atoms with E-state index < -0.39 is 29.6 Å². The lowest BCUT2D eigenvalue weighted by Gasteiger charge is -2.11. The van der Waals surface area contributed by atoms with E-state index in [2.05, 4.69) is 5.10 Å². The molecule has 0 spiro atoms. The van der Waals surface area contributed by atoms with Gasteiger partial charge in [-0.05, 0) is 23.8 Å². The van der Waals surface area contributed by atoms with Gasteiger partial charge in [-0.25, -0.2) is 8.78 Å². The van der Waals surface area contributed by atoms with Gasteiger partial charge in [0.1, 0.15) is 0 Å². The molecular weight excluding hydrogens is 283 g/mol. The SMILES string of the molecule is OC(Cn1ccc(C(F)(F)F)n1)c1ccc(F)c(F)c1. The van der Waals surface area contributed by atoms with Crippen LogP contribution in [-0.4, -0.2) is 14.9 Å². The molecule has 3 nitrogen and oxygen atoms in total. The molecule has 0 radical (unpaired) electrons. The minimum absolute atomic E-state index is 0.0490. The molecule has 1 atom stereocenters. The molecule has 0 amide bonds. The quantitative estimate of drug-likeness (QED) is 0.883. The van der Waals surface area contributed by atoms with Gasteiger partial charge in [-0.1, -0.05) is 6.07 Å². The summed E-state index contributed by atoms with van der Waals surface area (Å²) in [4.78, 5) is 0. The second-order valence-electron chi connectivity index (χ2n) is 4.11. The second-order valence-corrected chi connectivity index (χ2v) is 4.11. The average Bonchev–Trinajstić information content (AvgIpc) is 2.81. The van der Waals surface area contributed by atoms with Crippen molar-refractivity contribution in [2.75, 3.05) is 0 Å². The molecule has 0 bridgehead atoms. The molecule has 0 fully saturated rings. The number of nitrogens with zero attached hydrogens (tertiary/aromatic N) is 2. The molecule has 2 aromatic rings. The zero-order valence-electron chi connectivity index (χ0n) is 9.90. The highest BCUT2D eigenvalue weighted by Gasteiger charge is 2.33. The van der Waals surface area contributed by atoms with Gasteiger partial charge in [0.05, 0.1) is 12.6 Å². The molecule has 20 heavy (non-hydrogen) atoms. The van der Waals surface area contributed by atoms with Crippen molar-refractivity contribution in [2.24, 2.45) is 0 Å². The Hall–Kier alpha value is -1.96. The molecular formula is C12H9F5N2O. The van der Waals surface area contributed by atoms with Gasteiger partial charge in [0.25, 0.3) is 0 Å². The monoisotopic (exact) mass is 292 g/mol. The number of hydrogen-bond acceptors (Lipinski definition) is 2. The summed E-state index contributed by atoms with van der Waals surface area (Å²) in [5, 5.41) is 13.0. The van der Waals surface area contributed by atoms with Crippen LogP contribution in [0.1, 0.15) is 17.4 Å². The first-order chi connectivity index (χ1) is 9.27. The van der Waals surface area contributed by atoms with Crippen LogP contribution in [0.2, 0.25) is 0 Å². The van der Waals surface area contributed by atoms with Gasteiger partial charge < -0.3 is 5.11 Å². The number of aliphatic hydroxyl groups is 1. The molecule has 2 rings (SSSR count). The van der Waals surface area contributed by atoms with Gasteiger partial charge in [-0.15, -0.1) is 0 Å². The number of halogens is 5. The molecule has 1 heterocycles. The lowest BCUT2D eigenvalue weighted by molar-refractivity contribution is -0.141. The zero-order valence-corrected chi connectivity index (χ0v) is 9.90. The fourth-order valence-electron chi connectivity index (χ4n) is 1.62. The fraction of sp³-hybridized carbons (Fsp3) is 0.250. The van der Waals surface area contributed by atoms with Gasteiger partial charge in [0, 0.05) is 6.20 Å². The highest BCUT2D eigenvalue weighted by Crippen LogP contribution is 2.27. The van der Waals surface area contributed by atoms with Gasteiger partial charge >= 0.3 is 6.18 Å². The first kappa shape index (κ1) is 14.4. The predicted octanol–water partition coefficient (Wildman–Crippen LogP) is 2.91. The fourth-order valence-corrected chi connectivity index (χ4v) is 1.62. The molecule has 108 valence electrons. The summed E-state index contributed by atoms with van der Waals surface area (Å²) in [7, 11) is 0. The van der Waals surface area contributed by atoms with Crippen molar-refractivity contribution in [3.8, 4) is 0 Å². The Balaban J connectivity index is 2.13. The molecule has 0 aliphatic carbocycles. The summed E-state index contributed by atoms with van der Waals surface area (Å²) in [6, 6.07) is 3.53. The van der Waals surface area contributed by atoms with E-state index in [4.69, 9.17) is 0 Å². The van der Waals surface area contributed by atoms with E-state index in [9.17, 15) is 27.1 Å². The highest BCUT2D eigenvalue weighted by atomic mass is 19.4. The topological polar surface area (TPSA) is 38.0 Å². The number of aliphatic hydroxyl groups excluding tert-OH is 1. The van der Waals surface area contributed by atoms with Crippen molar-refractivity contribution in [3.05, 3.63) is 53.4 Å². The maximum atomic E-state index is 13.0. The van der Waals surface area contributed by atoms with Crippen LogP contribution in [0.5, 0.6) is 0 Å². The second kappa shape index (κ2) is 5.20. The van der Waals surface area contributed by atoms with Crippen LogP contribution in [-0.2, 0) is 12.7 Å². The Morgan fingerprint density at radius 2 is 1.85 bits per heavy atom. The molecule has 1 N–H and O–H groups in total. The molecule has 0 saturated heterocycles. The van der Waals surface area contributed by atoms with E-state index in [0.29, 0.717) is 0 Å². The minimum Gasteiger partial charge on any atom is -0.386 e. The summed E-state index contributed by atoms with van der Waals surface area (Å²) < 4.78 is 63.6. The summed E-state index contributed by atoms with van der Waals surface area (Å²) in [6.45, 7) is -0.304. The number of benzene rings is 1. The molecule has 0 saturated carbocycles. The lowest BCUT2D eigenvalue weighted by Crippen LogP contribution is -2.12. The Bertz CT molecular complexity index is 608. The van der Waals surface area contributed by atoms with Crippen LogP contribution in [0.3, 0.4) is 0 Å². The molecule has 1 unspecified atom stereocenters. The molecule has 8 heteroatoms. The first-order valence-electron chi connectivity index (χ1n) is 5.51. The van der Waals surface area contributed by atoms with Gasteiger partial charge in [0.15, 0.2) is 17.3 Å². The van der Waals surface area contributed by atoms with Crippen LogP contribution < -0.4 is 0 Å².